The van der Waals surface area contributed by atoms with Crippen LogP contribution in [0.3, 0.4) is 0 Å². The van der Waals surface area contributed by atoms with Gasteiger partial charge in [-0.25, -0.2) is 13.9 Å². The van der Waals surface area contributed by atoms with Gasteiger partial charge in [0.25, 0.3) is 0 Å². The first kappa shape index (κ1) is 19.3. The smallest absolute Gasteiger partial charge is 0.434 e. The van der Waals surface area contributed by atoms with Gasteiger partial charge in [0, 0.05) is 6.07 Å². The number of rotatable bonds is 6. The van der Waals surface area contributed by atoms with Crippen LogP contribution >= 0.6 is 0 Å². The molecule has 0 aliphatic heterocycles. The van der Waals surface area contributed by atoms with Crippen LogP contribution in [0.25, 0.3) is 5.69 Å². The molecule has 0 saturated heterocycles. The van der Waals surface area contributed by atoms with E-state index in [4.69, 9.17) is 9.47 Å². The lowest BCUT2D eigenvalue weighted by atomic mass is 10.2. The Bertz CT molecular complexity index is 986. The van der Waals surface area contributed by atoms with E-state index in [1.807, 2.05) is 37.3 Å². The summed E-state index contributed by atoms with van der Waals surface area (Å²) in [4.78, 5) is 15.9. The molecule has 0 saturated carbocycles. The highest BCUT2D eigenvalue weighted by Crippen LogP contribution is 2.14. The number of amides is 1. The maximum absolute atomic E-state index is 12.9. The first-order chi connectivity index (χ1) is 13.7. The Morgan fingerprint density at radius 2 is 1.89 bits per heavy atom. The second-order valence-electron chi connectivity index (χ2n) is 5.94. The fourth-order valence-corrected chi connectivity index (χ4v) is 2.40. The summed E-state index contributed by atoms with van der Waals surface area (Å²) in [5.74, 6) is 0.127. The summed E-state index contributed by atoms with van der Waals surface area (Å²) in [7, 11) is 0. The highest BCUT2D eigenvalue weighted by molar-refractivity contribution is 5.68. The van der Waals surface area contributed by atoms with Gasteiger partial charge in [0.1, 0.15) is 12.4 Å². The third-order valence-electron chi connectivity index (χ3n) is 3.74. The van der Waals surface area contributed by atoms with Gasteiger partial charge >= 0.3 is 6.09 Å². The number of hydrogen-bond donors (Lipinski definition) is 0. The van der Waals surface area contributed by atoms with E-state index in [9.17, 15) is 9.18 Å². The predicted octanol–water partition coefficient (Wildman–Crippen LogP) is 4.04. The number of carbonyl (C=O) groups excluding carboxylic acids is 1. The standard InChI is InChI=1S/C21H20FN3O3/c1-2-12-27-20-13-18(14-23-25(20)19-6-4-3-5-7-19)24-21(26)28-15-16-8-10-17(22)11-9-16/h3-11,13-14H,2,12,15H2,1H3/b24-18+. The molecule has 0 aliphatic carbocycles. The van der Waals surface area contributed by atoms with Crippen LogP contribution in [0.15, 0.2) is 71.9 Å². The molecule has 0 atom stereocenters. The zero-order chi connectivity index (χ0) is 19.8. The van der Waals surface area contributed by atoms with Gasteiger partial charge in [-0.15, -0.1) is 0 Å². The zero-order valence-corrected chi connectivity index (χ0v) is 15.4. The Labute approximate surface area is 161 Å². The van der Waals surface area contributed by atoms with Crippen molar-refractivity contribution in [3.63, 3.8) is 0 Å². The Morgan fingerprint density at radius 1 is 1.14 bits per heavy atom. The molecule has 0 fully saturated rings. The number of nitrogens with zero attached hydrogens (tertiary/aromatic N) is 3. The van der Waals surface area contributed by atoms with Crippen LogP contribution < -0.4 is 10.1 Å². The van der Waals surface area contributed by atoms with E-state index in [0.29, 0.717) is 23.4 Å². The topological polar surface area (TPSA) is 65.7 Å². The van der Waals surface area contributed by atoms with Gasteiger partial charge in [0.2, 0.25) is 5.88 Å². The summed E-state index contributed by atoms with van der Waals surface area (Å²) in [5, 5.41) is 4.65. The van der Waals surface area contributed by atoms with Crippen molar-refractivity contribution in [1.29, 1.82) is 0 Å². The summed E-state index contributed by atoms with van der Waals surface area (Å²) in [6.07, 6.45) is 1.53. The lowest BCUT2D eigenvalue weighted by molar-refractivity contribution is 0.150. The molecule has 0 bridgehead atoms. The number of hydrogen-bond acceptors (Lipinski definition) is 4. The van der Waals surface area contributed by atoms with Crippen LogP contribution in [0.4, 0.5) is 9.18 Å². The minimum Gasteiger partial charge on any atom is -0.478 e. The maximum atomic E-state index is 12.9. The van der Waals surface area contributed by atoms with Crippen molar-refractivity contribution in [1.82, 2.24) is 9.78 Å². The molecule has 1 aromatic heterocycles. The molecule has 3 rings (SSSR count). The van der Waals surface area contributed by atoms with Gasteiger partial charge in [-0.05, 0) is 36.2 Å². The van der Waals surface area contributed by atoms with Crippen molar-refractivity contribution in [2.24, 2.45) is 4.99 Å². The number of carbonyl (C=O) groups is 1. The lowest BCUT2D eigenvalue weighted by Crippen LogP contribution is -2.16. The van der Waals surface area contributed by atoms with E-state index in [1.54, 1.807) is 22.9 Å². The van der Waals surface area contributed by atoms with Crippen LogP contribution in [0.5, 0.6) is 5.88 Å². The average molecular weight is 381 g/mol. The van der Waals surface area contributed by atoms with Gasteiger partial charge in [0.15, 0.2) is 0 Å². The Hall–Kier alpha value is -3.48. The first-order valence-corrected chi connectivity index (χ1v) is 8.89. The highest BCUT2D eigenvalue weighted by atomic mass is 19.1. The summed E-state index contributed by atoms with van der Waals surface area (Å²) in [5.41, 5.74) is 1.50. The average Bonchev–Trinajstić information content (AvgIpc) is 2.72. The summed E-state index contributed by atoms with van der Waals surface area (Å²) >= 11 is 0. The van der Waals surface area contributed by atoms with Crippen LogP contribution in [-0.2, 0) is 11.3 Å². The largest absolute Gasteiger partial charge is 0.478 e. The monoisotopic (exact) mass is 381 g/mol. The molecule has 28 heavy (non-hydrogen) atoms. The maximum Gasteiger partial charge on any atom is 0.434 e. The van der Waals surface area contributed by atoms with Gasteiger partial charge in [-0.3, -0.25) is 0 Å². The van der Waals surface area contributed by atoms with Crippen molar-refractivity contribution < 1.29 is 18.7 Å². The molecular formula is C21H20FN3O3. The van der Waals surface area contributed by atoms with E-state index in [0.717, 1.165) is 12.1 Å². The summed E-state index contributed by atoms with van der Waals surface area (Å²) in [6.45, 7) is 2.51. The van der Waals surface area contributed by atoms with Crippen molar-refractivity contribution in [3.05, 3.63) is 83.6 Å². The van der Waals surface area contributed by atoms with Crippen LogP contribution in [0.1, 0.15) is 18.9 Å². The van der Waals surface area contributed by atoms with Crippen LogP contribution in [-0.4, -0.2) is 22.5 Å². The SMILES string of the molecule is CCCOc1c/c(=N\C(=O)OCc2ccc(F)cc2)cnn1-c1ccccc1. The number of aromatic nitrogens is 2. The molecule has 0 radical (unpaired) electrons. The normalized spacial score (nSPS) is 11.3. The molecular weight excluding hydrogens is 361 g/mol. The minimum absolute atomic E-state index is 0.00603. The molecule has 1 amide bonds. The molecule has 1 heterocycles. The molecule has 2 aromatic carbocycles. The third kappa shape index (κ3) is 5.26. The Balaban J connectivity index is 1.78. The number of ether oxygens (including phenoxy) is 2. The molecule has 0 aliphatic rings. The first-order valence-electron chi connectivity index (χ1n) is 8.89. The van der Waals surface area contributed by atoms with E-state index in [2.05, 4.69) is 10.1 Å². The van der Waals surface area contributed by atoms with Gasteiger partial charge < -0.3 is 9.47 Å². The fraction of sp³-hybridized carbons (Fsp3) is 0.190. The van der Waals surface area contributed by atoms with Crippen molar-refractivity contribution in [3.8, 4) is 11.6 Å². The van der Waals surface area contributed by atoms with E-state index in [-0.39, 0.29) is 12.4 Å². The second kappa shape index (κ2) is 9.45. The highest BCUT2D eigenvalue weighted by Gasteiger charge is 2.07. The predicted molar refractivity (Wildman–Crippen MR) is 101 cm³/mol. The minimum atomic E-state index is -0.759. The molecule has 0 unspecified atom stereocenters. The fourth-order valence-electron chi connectivity index (χ4n) is 2.40. The molecule has 6 nitrogen and oxygen atoms in total. The van der Waals surface area contributed by atoms with Crippen LogP contribution in [0.2, 0.25) is 0 Å². The zero-order valence-electron chi connectivity index (χ0n) is 15.4. The van der Waals surface area contributed by atoms with Gasteiger partial charge in [-0.2, -0.15) is 10.1 Å². The second-order valence-corrected chi connectivity index (χ2v) is 5.94. The third-order valence-corrected chi connectivity index (χ3v) is 3.74. The number of halogens is 1. The summed E-state index contributed by atoms with van der Waals surface area (Å²) in [6, 6.07) is 16.9. The Kier molecular flexibility index (Phi) is 6.51. The van der Waals surface area contributed by atoms with Gasteiger partial charge in [0.05, 0.1) is 23.8 Å². The van der Waals surface area contributed by atoms with Crippen molar-refractivity contribution >= 4 is 6.09 Å². The van der Waals surface area contributed by atoms with Crippen molar-refractivity contribution in [2.45, 2.75) is 20.0 Å². The summed E-state index contributed by atoms with van der Waals surface area (Å²) < 4.78 is 25.4. The van der Waals surface area contributed by atoms with Gasteiger partial charge in [-0.1, -0.05) is 37.3 Å². The van der Waals surface area contributed by atoms with E-state index >= 15 is 0 Å². The van der Waals surface area contributed by atoms with E-state index in [1.165, 1.54) is 18.3 Å². The van der Waals surface area contributed by atoms with E-state index < -0.39 is 6.09 Å². The number of benzene rings is 2. The molecule has 144 valence electrons. The number of para-hydroxylation sites is 1. The molecule has 0 spiro atoms. The quantitative estimate of drug-likeness (QED) is 0.646. The molecule has 3 aromatic rings. The molecule has 0 N–H and O–H groups in total. The van der Waals surface area contributed by atoms with Crippen molar-refractivity contribution in [2.75, 3.05) is 6.61 Å². The lowest BCUT2D eigenvalue weighted by Gasteiger charge is -2.12. The Morgan fingerprint density at radius 3 is 2.61 bits per heavy atom. The molecule has 7 heteroatoms. The van der Waals surface area contributed by atoms with Crippen LogP contribution in [0, 0.1) is 5.82 Å².